The normalized spacial score (nSPS) is 14.0. The maximum atomic E-state index is 13.5. The van der Waals surface area contributed by atoms with Gasteiger partial charge < -0.3 is 4.57 Å². The molecule has 5 rings (SSSR count). The standard InChI is InChI=1S/C21H17FN4/c22-17-4-1-3-14(9-17)12-26-13-19(18-5-2-8-23-21(18)26)20-24-10-16(11-25-20)15-6-7-15/h1-5,8-11,13,15H,6-7,12H2. The molecule has 0 aliphatic heterocycles. The molecule has 5 heteroatoms. The average Bonchev–Trinajstić information content (AvgIpc) is 3.45. The van der Waals surface area contributed by atoms with E-state index in [1.807, 2.05) is 41.4 Å². The molecule has 0 saturated heterocycles. The Bertz CT molecular complexity index is 1080. The summed E-state index contributed by atoms with van der Waals surface area (Å²) < 4.78 is 15.5. The van der Waals surface area contributed by atoms with Crippen LogP contribution in [0.15, 0.2) is 61.2 Å². The first kappa shape index (κ1) is 15.2. The molecule has 0 amide bonds. The number of benzene rings is 1. The minimum atomic E-state index is -0.230. The maximum absolute atomic E-state index is 13.5. The predicted octanol–water partition coefficient (Wildman–Crippen LogP) is 4.56. The lowest BCUT2D eigenvalue weighted by atomic mass is 10.2. The first-order valence-corrected chi connectivity index (χ1v) is 8.78. The zero-order chi connectivity index (χ0) is 17.5. The van der Waals surface area contributed by atoms with Crippen molar-refractivity contribution >= 4 is 11.0 Å². The van der Waals surface area contributed by atoms with E-state index in [1.165, 1.54) is 24.5 Å². The summed E-state index contributed by atoms with van der Waals surface area (Å²) in [5, 5.41) is 1.00. The molecule has 0 spiro atoms. The smallest absolute Gasteiger partial charge is 0.161 e. The number of rotatable bonds is 4. The van der Waals surface area contributed by atoms with Crippen LogP contribution < -0.4 is 0 Å². The number of hydrogen-bond donors (Lipinski definition) is 0. The van der Waals surface area contributed by atoms with E-state index in [0.29, 0.717) is 18.3 Å². The van der Waals surface area contributed by atoms with E-state index in [4.69, 9.17) is 0 Å². The third kappa shape index (κ3) is 2.75. The van der Waals surface area contributed by atoms with Gasteiger partial charge in [0.05, 0.1) is 0 Å². The van der Waals surface area contributed by atoms with E-state index in [1.54, 1.807) is 18.3 Å². The van der Waals surface area contributed by atoms with Gasteiger partial charge in [0.1, 0.15) is 11.5 Å². The molecule has 1 saturated carbocycles. The van der Waals surface area contributed by atoms with Crippen LogP contribution in [0.2, 0.25) is 0 Å². The number of aromatic nitrogens is 4. The third-order valence-electron chi connectivity index (χ3n) is 4.84. The lowest BCUT2D eigenvalue weighted by molar-refractivity contribution is 0.624. The summed E-state index contributed by atoms with van der Waals surface area (Å²) in [5.41, 5.74) is 3.91. The molecule has 4 aromatic rings. The first-order valence-electron chi connectivity index (χ1n) is 8.78. The molecule has 0 bridgehead atoms. The van der Waals surface area contributed by atoms with Gasteiger partial charge >= 0.3 is 0 Å². The summed E-state index contributed by atoms with van der Waals surface area (Å²) in [6.07, 6.45) is 10.1. The van der Waals surface area contributed by atoms with E-state index in [0.717, 1.165) is 22.2 Å². The second-order valence-corrected chi connectivity index (χ2v) is 6.79. The molecule has 0 atom stereocenters. The van der Waals surface area contributed by atoms with Crippen LogP contribution >= 0.6 is 0 Å². The van der Waals surface area contributed by atoms with Crippen molar-refractivity contribution in [2.75, 3.05) is 0 Å². The largest absolute Gasteiger partial charge is 0.327 e. The summed E-state index contributed by atoms with van der Waals surface area (Å²) in [6, 6.07) is 10.6. The SMILES string of the molecule is Fc1cccc(Cn2cc(-c3ncc(C4CC4)cn3)c3cccnc32)c1. The molecule has 1 aliphatic carbocycles. The molecule has 128 valence electrons. The monoisotopic (exact) mass is 344 g/mol. The Hall–Kier alpha value is -3.08. The van der Waals surface area contributed by atoms with Crippen molar-refractivity contribution in [3.8, 4) is 11.4 Å². The number of fused-ring (bicyclic) bond motifs is 1. The van der Waals surface area contributed by atoms with Crippen LogP contribution in [0.1, 0.15) is 29.9 Å². The topological polar surface area (TPSA) is 43.6 Å². The van der Waals surface area contributed by atoms with Gasteiger partial charge in [-0.3, -0.25) is 0 Å². The quantitative estimate of drug-likeness (QED) is 0.545. The molecule has 1 fully saturated rings. The van der Waals surface area contributed by atoms with Crippen LogP contribution in [0, 0.1) is 5.82 Å². The molecule has 0 unspecified atom stereocenters. The number of halogens is 1. The molecular weight excluding hydrogens is 327 g/mol. The zero-order valence-electron chi connectivity index (χ0n) is 14.1. The van der Waals surface area contributed by atoms with E-state index in [9.17, 15) is 4.39 Å². The molecule has 1 aliphatic rings. The molecule has 0 radical (unpaired) electrons. The summed E-state index contributed by atoms with van der Waals surface area (Å²) >= 11 is 0. The van der Waals surface area contributed by atoms with Crippen molar-refractivity contribution in [1.82, 2.24) is 19.5 Å². The van der Waals surface area contributed by atoms with Gasteiger partial charge in [-0.1, -0.05) is 12.1 Å². The highest BCUT2D eigenvalue weighted by Crippen LogP contribution is 2.39. The van der Waals surface area contributed by atoms with E-state index in [2.05, 4.69) is 15.0 Å². The Kier molecular flexibility index (Phi) is 3.52. The van der Waals surface area contributed by atoms with Crippen molar-refractivity contribution in [1.29, 1.82) is 0 Å². The Balaban J connectivity index is 1.57. The minimum Gasteiger partial charge on any atom is -0.327 e. The Morgan fingerprint density at radius 1 is 1.04 bits per heavy atom. The second-order valence-electron chi connectivity index (χ2n) is 6.79. The summed E-state index contributed by atoms with van der Waals surface area (Å²) in [7, 11) is 0. The van der Waals surface area contributed by atoms with Crippen LogP contribution in [-0.2, 0) is 6.54 Å². The molecular formula is C21H17FN4. The Morgan fingerprint density at radius 3 is 2.65 bits per heavy atom. The lowest BCUT2D eigenvalue weighted by Crippen LogP contribution is -1.99. The van der Waals surface area contributed by atoms with Crippen molar-refractivity contribution < 1.29 is 4.39 Å². The van der Waals surface area contributed by atoms with Gasteiger partial charge in [-0.15, -0.1) is 0 Å². The van der Waals surface area contributed by atoms with Gasteiger partial charge in [-0.25, -0.2) is 19.3 Å². The average molecular weight is 344 g/mol. The number of nitrogens with zero attached hydrogens (tertiary/aromatic N) is 4. The van der Waals surface area contributed by atoms with Crippen LogP contribution in [0.5, 0.6) is 0 Å². The molecule has 0 N–H and O–H groups in total. The van der Waals surface area contributed by atoms with E-state index in [-0.39, 0.29) is 5.82 Å². The van der Waals surface area contributed by atoms with Crippen molar-refractivity contribution in [3.05, 3.63) is 78.1 Å². The van der Waals surface area contributed by atoms with Crippen molar-refractivity contribution in [2.24, 2.45) is 0 Å². The highest BCUT2D eigenvalue weighted by atomic mass is 19.1. The summed E-state index contributed by atoms with van der Waals surface area (Å²) in [4.78, 5) is 13.7. The summed E-state index contributed by atoms with van der Waals surface area (Å²) in [6.45, 7) is 0.547. The van der Waals surface area contributed by atoms with Gasteiger partial charge in [0, 0.05) is 42.3 Å². The fourth-order valence-electron chi connectivity index (χ4n) is 3.36. The van der Waals surface area contributed by atoms with Crippen LogP contribution in [0.25, 0.3) is 22.4 Å². The zero-order valence-corrected chi connectivity index (χ0v) is 14.1. The van der Waals surface area contributed by atoms with Crippen LogP contribution in [-0.4, -0.2) is 19.5 Å². The molecule has 26 heavy (non-hydrogen) atoms. The number of hydrogen-bond acceptors (Lipinski definition) is 3. The van der Waals surface area contributed by atoms with E-state index < -0.39 is 0 Å². The molecule has 3 heterocycles. The van der Waals surface area contributed by atoms with E-state index >= 15 is 0 Å². The van der Waals surface area contributed by atoms with Crippen LogP contribution in [0.4, 0.5) is 4.39 Å². The van der Waals surface area contributed by atoms with Crippen LogP contribution in [0.3, 0.4) is 0 Å². The fourth-order valence-corrected chi connectivity index (χ4v) is 3.36. The van der Waals surface area contributed by atoms with Crippen molar-refractivity contribution in [2.45, 2.75) is 25.3 Å². The maximum Gasteiger partial charge on any atom is 0.161 e. The van der Waals surface area contributed by atoms with Gasteiger partial charge in [0.25, 0.3) is 0 Å². The number of pyridine rings is 1. The predicted molar refractivity (Wildman–Crippen MR) is 98.2 cm³/mol. The minimum absolute atomic E-state index is 0.230. The Morgan fingerprint density at radius 2 is 1.88 bits per heavy atom. The Labute approximate surface area is 150 Å². The third-order valence-corrected chi connectivity index (χ3v) is 4.84. The molecule has 1 aromatic carbocycles. The molecule has 4 nitrogen and oxygen atoms in total. The van der Waals surface area contributed by atoms with Gasteiger partial charge in [-0.05, 0) is 54.2 Å². The highest BCUT2D eigenvalue weighted by Gasteiger charge is 2.24. The van der Waals surface area contributed by atoms with Gasteiger partial charge in [0.2, 0.25) is 0 Å². The lowest BCUT2D eigenvalue weighted by Gasteiger charge is -2.04. The van der Waals surface area contributed by atoms with Gasteiger partial charge in [0.15, 0.2) is 5.82 Å². The van der Waals surface area contributed by atoms with Gasteiger partial charge in [-0.2, -0.15) is 0 Å². The van der Waals surface area contributed by atoms with Crippen molar-refractivity contribution in [3.63, 3.8) is 0 Å². The first-order chi connectivity index (χ1) is 12.8. The fraction of sp³-hybridized carbons (Fsp3) is 0.190. The molecule has 3 aromatic heterocycles. The summed E-state index contributed by atoms with van der Waals surface area (Å²) in [5.74, 6) is 1.11. The second kappa shape index (κ2) is 6.02. The highest BCUT2D eigenvalue weighted by molar-refractivity contribution is 5.92.